The number of carbonyl (C=O) groups is 4. The Balaban J connectivity index is 1.61. The molecule has 1 aliphatic carbocycles. The molecule has 0 unspecified atom stereocenters. The average molecular weight is 549 g/mol. The van der Waals surface area contributed by atoms with Gasteiger partial charge in [-0.2, -0.15) is 0 Å². The van der Waals surface area contributed by atoms with E-state index < -0.39 is 29.0 Å². The first-order chi connectivity index (χ1) is 18.4. The van der Waals surface area contributed by atoms with Gasteiger partial charge in [0.05, 0.1) is 6.04 Å². The van der Waals surface area contributed by atoms with E-state index in [1.54, 1.807) is 11.0 Å². The number of fused-ring (bicyclic) bond motifs is 2. The van der Waals surface area contributed by atoms with E-state index in [1.165, 1.54) is 6.08 Å². The second kappa shape index (κ2) is 9.89. The Morgan fingerprint density at radius 1 is 1.05 bits per heavy atom. The lowest BCUT2D eigenvalue weighted by atomic mass is 9.83. The number of hydrogen-bond acceptors (Lipinski definition) is 4. The van der Waals surface area contributed by atoms with Crippen LogP contribution in [0.4, 0.5) is 0 Å². The molecule has 40 heavy (non-hydrogen) atoms. The van der Waals surface area contributed by atoms with Crippen LogP contribution in [-0.2, 0) is 14.4 Å². The van der Waals surface area contributed by atoms with Crippen molar-refractivity contribution in [2.45, 2.75) is 80.4 Å². The molecule has 0 spiro atoms. The van der Waals surface area contributed by atoms with E-state index >= 15 is 0 Å². The number of rotatable bonds is 7. The Kier molecular flexibility index (Phi) is 7.31. The monoisotopic (exact) mass is 548 g/mol. The summed E-state index contributed by atoms with van der Waals surface area (Å²) in [6, 6.07) is 5.27. The lowest BCUT2D eigenvalue weighted by Gasteiger charge is -2.38. The Hall–Kier alpha value is -3.42. The van der Waals surface area contributed by atoms with Crippen molar-refractivity contribution in [2.75, 3.05) is 6.54 Å². The molecule has 4 rings (SSSR count). The van der Waals surface area contributed by atoms with Crippen LogP contribution in [0, 0.1) is 35.0 Å². The molecule has 1 aromatic carbocycles. The number of likely N-dealkylation sites (tertiary alicyclic amines) is 1. The van der Waals surface area contributed by atoms with E-state index in [4.69, 9.17) is 0 Å². The van der Waals surface area contributed by atoms with Gasteiger partial charge in [0.1, 0.15) is 17.8 Å². The first-order valence-electron chi connectivity index (χ1n) is 14.1. The minimum absolute atomic E-state index is 0.0242. The van der Waals surface area contributed by atoms with Crippen LogP contribution in [0.5, 0.6) is 0 Å². The number of ketones is 1. The van der Waals surface area contributed by atoms with Crippen molar-refractivity contribution in [3.05, 3.63) is 48.2 Å². The highest BCUT2D eigenvalue weighted by atomic mass is 16.2. The highest BCUT2D eigenvalue weighted by Gasteiger charge is 2.70. The van der Waals surface area contributed by atoms with Crippen molar-refractivity contribution in [1.82, 2.24) is 20.5 Å². The minimum Gasteiger partial charge on any atom is -0.351 e. The molecule has 5 atom stereocenters. The molecule has 2 aromatic rings. The van der Waals surface area contributed by atoms with E-state index in [0.717, 1.165) is 16.5 Å². The van der Waals surface area contributed by atoms with Crippen LogP contribution in [0.3, 0.4) is 0 Å². The summed E-state index contributed by atoms with van der Waals surface area (Å²) in [5.74, 6) is -1.13. The smallest absolute Gasteiger partial charge is 0.268 e. The van der Waals surface area contributed by atoms with E-state index in [2.05, 4.69) is 36.0 Å². The van der Waals surface area contributed by atoms with Gasteiger partial charge in [-0.1, -0.05) is 74.1 Å². The summed E-state index contributed by atoms with van der Waals surface area (Å²) < 4.78 is 0. The Morgan fingerprint density at radius 2 is 1.68 bits per heavy atom. The number of nitrogens with one attached hydrogen (secondary N) is 3. The van der Waals surface area contributed by atoms with Gasteiger partial charge in [-0.25, -0.2) is 0 Å². The average Bonchev–Trinajstić information content (AvgIpc) is 3.23. The van der Waals surface area contributed by atoms with Gasteiger partial charge < -0.3 is 20.5 Å². The largest absolute Gasteiger partial charge is 0.351 e. The van der Waals surface area contributed by atoms with Crippen LogP contribution in [0.2, 0.25) is 0 Å². The van der Waals surface area contributed by atoms with Gasteiger partial charge in [0.25, 0.3) is 5.91 Å². The SMILES string of the molecule is C=CC(=O)[C@@H](NC(=O)[C@@H]1[C@@H]2[C@H](CN1C(=O)[C@@H](NC(=O)c1cc3c(C)cccc3[nH]1)C(C)(C)C)C2(C)C)C(C)(C)C. The van der Waals surface area contributed by atoms with Crippen LogP contribution in [0.1, 0.15) is 71.4 Å². The maximum absolute atomic E-state index is 14.2. The fourth-order valence-electron chi connectivity index (χ4n) is 6.33. The molecule has 2 fully saturated rings. The number of aryl methyl sites for hydroxylation is 1. The summed E-state index contributed by atoms with van der Waals surface area (Å²) >= 11 is 0. The zero-order valence-electron chi connectivity index (χ0n) is 25.3. The number of aromatic nitrogens is 1. The number of amides is 3. The van der Waals surface area contributed by atoms with Crippen LogP contribution >= 0.6 is 0 Å². The molecular weight excluding hydrogens is 504 g/mol. The zero-order chi connectivity index (χ0) is 29.9. The summed E-state index contributed by atoms with van der Waals surface area (Å²) in [6.45, 7) is 21.6. The summed E-state index contributed by atoms with van der Waals surface area (Å²) in [5.41, 5.74) is 1.03. The van der Waals surface area contributed by atoms with Gasteiger partial charge in [0, 0.05) is 17.4 Å². The molecule has 2 heterocycles. The third-order valence-electron chi connectivity index (χ3n) is 8.91. The highest BCUT2D eigenvalue weighted by molar-refractivity contribution is 6.02. The fourth-order valence-corrected chi connectivity index (χ4v) is 6.33. The van der Waals surface area contributed by atoms with Crippen molar-refractivity contribution in [3.8, 4) is 0 Å². The molecule has 1 saturated heterocycles. The van der Waals surface area contributed by atoms with E-state index in [-0.39, 0.29) is 40.8 Å². The van der Waals surface area contributed by atoms with Gasteiger partial charge in [-0.05, 0) is 58.8 Å². The first-order valence-corrected chi connectivity index (χ1v) is 14.1. The topological polar surface area (TPSA) is 111 Å². The van der Waals surface area contributed by atoms with Crippen molar-refractivity contribution < 1.29 is 19.2 Å². The van der Waals surface area contributed by atoms with Crippen LogP contribution in [0.15, 0.2) is 36.9 Å². The number of piperidine rings is 1. The molecule has 1 aliphatic heterocycles. The van der Waals surface area contributed by atoms with Gasteiger partial charge in [0.2, 0.25) is 11.8 Å². The molecule has 8 nitrogen and oxygen atoms in total. The van der Waals surface area contributed by atoms with Crippen LogP contribution in [-0.4, -0.2) is 58.1 Å². The number of hydrogen-bond donors (Lipinski definition) is 3. The third kappa shape index (κ3) is 5.20. The van der Waals surface area contributed by atoms with Gasteiger partial charge >= 0.3 is 0 Å². The summed E-state index contributed by atoms with van der Waals surface area (Å²) in [6.07, 6.45) is 1.23. The molecule has 0 radical (unpaired) electrons. The molecule has 3 amide bonds. The lowest BCUT2D eigenvalue weighted by Crippen LogP contribution is -2.61. The summed E-state index contributed by atoms with van der Waals surface area (Å²) in [4.78, 5) is 58.9. The quantitative estimate of drug-likeness (QED) is 0.446. The molecule has 8 heteroatoms. The van der Waals surface area contributed by atoms with E-state index in [0.29, 0.717) is 12.2 Å². The van der Waals surface area contributed by atoms with Crippen molar-refractivity contribution in [3.63, 3.8) is 0 Å². The maximum atomic E-state index is 14.2. The maximum Gasteiger partial charge on any atom is 0.268 e. The molecule has 216 valence electrons. The molecule has 1 aromatic heterocycles. The molecular formula is C32H44N4O4. The number of nitrogens with zero attached hydrogens (tertiary/aromatic N) is 1. The highest BCUT2D eigenvalue weighted by Crippen LogP contribution is 2.65. The van der Waals surface area contributed by atoms with Crippen LogP contribution in [0.25, 0.3) is 10.9 Å². The zero-order valence-corrected chi connectivity index (χ0v) is 25.3. The van der Waals surface area contributed by atoms with Crippen molar-refractivity contribution >= 4 is 34.4 Å². The van der Waals surface area contributed by atoms with Crippen LogP contribution < -0.4 is 10.6 Å². The number of aromatic amines is 1. The Labute approximate surface area is 237 Å². The Bertz CT molecular complexity index is 1370. The number of H-pyrrole nitrogens is 1. The first kappa shape index (κ1) is 29.6. The van der Waals surface area contributed by atoms with Crippen molar-refractivity contribution in [1.29, 1.82) is 0 Å². The molecule has 1 saturated carbocycles. The minimum atomic E-state index is -0.864. The van der Waals surface area contributed by atoms with E-state index in [9.17, 15) is 19.2 Å². The second-order valence-electron chi connectivity index (χ2n) is 14.3. The van der Waals surface area contributed by atoms with Gasteiger partial charge in [-0.3, -0.25) is 19.2 Å². The number of benzene rings is 1. The predicted octanol–water partition coefficient (Wildman–Crippen LogP) is 4.39. The second-order valence-corrected chi connectivity index (χ2v) is 14.3. The predicted molar refractivity (Wildman–Crippen MR) is 157 cm³/mol. The summed E-state index contributed by atoms with van der Waals surface area (Å²) in [7, 11) is 0. The molecule has 0 bridgehead atoms. The molecule has 3 N–H and O–H groups in total. The lowest BCUT2D eigenvalue weighted by molar-refractivity contribution is -0.144. The van der Waals surface area contributed by atoms with Gasteiger partial charge in [-0.15, -0.1) is 0 Å². The fraction of sp³-hybridized carbons (Fsp3) is 0.562. The van der Waals surface area contributed by atoms with Crippen molar-refractivity contribution in [2.24, 2.45) is 28.1 Å². The normalized spacial score (nSPS) is 23.2. The van der Waals surface area contributed by atoms with Gasteiger partial charge in [0.15, 0.2) is 5.78 Å². The van der Waals surface area contributed by atoms with E-state index in [1.807, 2.05) is 66.7 Å². The third-order valence-corrected chi connectivity index (χ3v) is 8.91. The summed E-state index contributed by atoms with van der Waals surface area (Å²) in [5, 5.41) is 6.87. The molecule has 2 aliphatic rings. The number of carbonyl (C=O) groups excluding carboxylic acids is 4. The standard InChI is InChI=1S/C32H44N4O4/c1-11-22(37)25(30(3,4)5)34-28(39)24-23-19(32(23,9)10)16-36(24)29(40)26(31(6,7)8)35-27(38)21-15-18-17(2)13-12-14-20(18)33-21/h11-15,19,23-26,33H,1,16H2,2-10H3,(H,34,39)(H,35,38)/t19-,23-,24-,25+,26+/m0/s1. The Morgan fingerprint density at radius 3 is 2.23 bits per heavy atom.